The number of aryl methyl sites for hydroxylation is 1. The largest absolute Gasteiger partial charge is 0.466 e. The van der Waals surface area contributed by atoms with Crippen LogP contribution in [-0.2, 0) is 32.7 Å². The Kier molecular flexibility index (Phi) is 11.9. The molecule has 1 atom stereocenters. The zero-order valence-electron chi connectivity index (χ0n) is 22.2. The first-order valence-electron chi connectivity index (χ1n) is 12.5. The summed E-state index contributed by atoms with van der Waals surface area (Å²) in [7, 11) is 2.89. The summed E-state index contributed by atoms with van der Waals surface area (Å²) in [5.74, 6) is -1.64. The molecule has 3 N–H and O–H groups in total. The van der Waals surface area contributed by atoms with Crippen LogP contribution in [0, 0.1) is 5.92 Å². The highest BCUT2D eigenvalue weighted by molar-refractivity contribution is 6.00. The van der Waals surface area contributed by atoms with Crippen LogP contribution in [0.1, 0.15) is 50.0 Å². The van der Waals surface area contributed by atoms with Gasteiger partial charge in [-0.1, -0.05) is 32.8 Å². The molecule has 0 aliphatic rings. The van der Waals surface area contributed by atoms with Crippen LogP contribution in [0.3, 0.4) is 0 Å². The van der Waals surface area contributed by atoms with Crippen molar-refractivity contribution in [3.63, 3.8) is 0 Å². The van der Waals surface area contributed by atoms with E-state index in [1.807, 2.05) is 0 Å². The van der Waals surface area contributed by atoms with Gasteiger partial charge < -0.3 is 29.8 Å². The lowest BCUT2D eigenvalue weighted by atomic mass is 10.0. The second kappa shape index (κ2) is 15.1. The van der Waals surface area contributed by atoms with E-state index in [0.29, 0.717) is 12.5 Å². The molecule has 0 radical (unpaired) electrons. The summed E-state index contributed by atoms with van der Waals surface area (Å²) in [4.78, 5) is 66.4. The molecule has 12 nitrogen and oxygen atoms in total. The minimum atomic E-state index is -1.03. The van der Waals surface area contributed by atoms with Gasteiger partial charge in [0, 0.05) is 25.9 Å². The Morgan fingerprint density at radius 3 is 2.55 bits per heavy atom. The molecule has 0 aliphatic heterocycles. The Labute approximate surface area is 221 Å². The molecular formula is C26H36N6O6. The van der Waals surface area contributed by atoms with Crippen molar-refractivity contribution < 1.29 is 23.9 Å². The Morgan fingerprint density at radius 1 is 1.18 bits per heavy atom. The van der Waals surface area contributed by atoms with Crippen LogP contribution in [0.5, 0.6) is 0 Å². The molecule has 206 valence electrons. The number of rotatable bonds is 14. The standard InChI is InChI=1S/C26H36N6O6/c1-5-18(6-2)14-28-22(33)16-32-13-9-11-20(26(32)37)30-24(35)19(10-7-8-12-23(34)38-4)29-25(36)21-15-27-17-31(21)3/h8-9,11-13,15,17-19H,5-7,10,14,16H2,1-4H3,(H,28,33)(H,29,36)(H,30,35). The first-order valence-corrected chi connectivity index (χ1v) is 12.5. The lowest BCUT2D eigenvalue weighted by Crippen LogP contribution is -2.45. The average Bonchev–Trinajstić information content (AvgIpc) is 3.34. The van der Waals surface area contributed by atoms with E-state index in [9.17, 15) is 24.0 Å². The molecule has 38 heavy (non-hydrogen) atoms. The third-order valence-electron chi connectivity index (χ3n) is 6.08. The van der Waals surface area contributed by atoms with Gasteiger partial charge in [-0.3, -0.25) is 19.2 Å². The summed E-state index contributed by atoms with van der Waals surface area (Å²) in [5, 5.41) is 8.05. The van der Waals surface area contributed by atoms with Gasteiger partial charge >= 0.3 is 5.97 Å². The van der Waals surface area contributed by atoms with Crippen LogP contribution in [0.2, 0.25) is 0 Å². The van der Waals surface area contributed by atoms with Crippen LogP contribution >= 0.6 is 0 Å². The summed E-state index contributed by atoms with van der Waals surface area (Å²) >= 11 is 0. The molecule has 1 unspecified atom stereocenters. The average molecular weight is 529 g/mol. The molecule has 2 aromatic heterocycles. The highest BCUT2D eigenvalue weighted by atomic mass is 16.5. The lowest BCUT2D eigenvalue weighted by Gasteiger charge is -2.18. The number of imidazole rings is 1. The molecule has 2 rings (SSSR count). The van der Waals surface area contributed by atoms with Crippen LogP contribution in [0.25, 0.3) is 0 Å². The number of pyridine rings is 1. The second-order valence-electron chi connectivity index (χ2n) is 8.75. The first-order chi connectivity index (χ1) is 18.2. The molecule has 2 heterocycles. The van der Waals surface area contributed by atoms with Gasteiger partial charge in [0.05, 0.1) is 19.6 Å². The number of nitrogens with zero attached hydrogens (tertiary/aromatic N) is 3. The SMILES string of the molecule is CCC(CC)CNC(=O)Cn1cccc(NC(=O)C(CCC=CC(=O)OC)NC(=O)c2cncn2C)c1=O. The van der Waals surface area contributed by atoms with E-state index in [4.69, 9.17) is 0 Å². The van der Waals surface area contributed by atoms with Gasteiger partial charge in [-0.15, -0.1) is 0 Å². The minimum absolute atomic E-state index is 0.0322. The van der Waals surface area contributed by atoms with E-state index in [2.05, 4.69) is 39.5 Å². The van der Waals surface area contributed by atoms with Crippen molar-refractivity contribution in [2.75, 3.05) is 19.0 Å². The molecule has 3 amide bonds. The maximum Gasteiger partial charge on any atom is 0.330 e. The van der Waals surface area contributed by atoms with Crippen molar-refractivity contribution in [1.29, 1.82) is 0 Å². The zero-order valence-corrected chi connectivity index (χ0v) is 22.2. The van der Waals surface area contributed by atoms with Crippen LogP contribution in [0.4, 0.5) is 5.69 Å². The van der Waals surface area contributed by atoms with Gasteiger partial charge in [-0.05, 0) is 30.9 Å². The van der Waals surface area contributed by atoms with Gasteiger partial charge in [0.1, 0.15) is 24.0 Å². The first kappa shape index (κ1) is 30.0. The topological polar surface area (TPSA) is 153 Å². The Balaban J connectivity index is 2.13. The van der Waals surface area contributed by atoms with Crippen LogP contribution in [-0.4, -0.2) is 57.5 Å². The van der Waals surface area contributed by atoms with Crippen molar-refractivity contribution in [3.05, 3.63) is 59.1 Å². The van der Waals surface area contributed by atoms with Crippen molar-refractivity contribution in [2.45, 2.75) is 52.1 Å². The molecular weight excluding hydrogens is 492 g/mol. The zero-order chi connectivity index (χ0) is 28.1. The van der Waals surface area contributed by atoms with Crippen molar-refractivity contribution >= 4 is 29.4 Å². The Hall–Kier alpha value is -4.22. The van der Waals surface area contributed by atoms with E-state index in [1.165, 1.54) is 53.2 Å². The van der Waals surface area contributed by atoms with Gasteiger partial charge in [-0.25, -0.2) is 9.78 Å². The number of carbonyl (C=O) groups is 4. The number of ether oxygens (including phenoxy) is 1. The normalized spacial score (nSPS) is 11.8. The third kappa shape index (κ3) is 9.02. The van der Waals surface area contributed by atoms with E-state index in [-0.39, 0.29) is 36.7 Å². The Bertz CT molecular complexity index is 1200. The van der Waals surface area contributed by atoms with Gasteiger partial charge in [0.2, 0.25) is 11.8 Å². The number of hydrogen-bond donors (Lipinski definition) is 3. The molecule has 0 aromatic carbocycles. The number of carbonyl (C=O) groups excluding carboxylic acids is 4. The van der Waals surface area contributed by atoms with E-state index in [0.717, 1.165) is 12.8 Å². The summed E-state index contributed by atoms with van der Waals surface area (Å²) in [6.45, 7) is 4.44. The van der Waals surface area contributed by atoms with Crippen molar-refractivity contribution in [1.82, 2.24) is 24.8 Å². The van der Waals surface area contributed by atoms with Gasteiger partial charge in [-0.2, -0.15) is 0 Å². The molecule has 2 aromatic rings. The molecule has 12 heteroatoms. The van der Waals surface area contributed by atoms with Gasteiger partial charge in [0.15, 0.2) is 0 Å². The van der Waals surface area contributed by atoms with E-state index >= 15 is 0 Å². The fourth-order valence-corrected chi connectivity index (χ4v) is 3.61. The Morgan fingerprint density at radius 2 is 1.92 bits per heavy atom. The lowest BCUT2D eigenvalue weighted by molar-refractivity contribution is -0.134. The molecule has 0 aliphatic carbocycles. The predicted molar refractivity (Wildman–Crippen MR) is 141 cm³/mol. The molecule has 0 fully saturated rings. The number of amides is 3. The number of hydrogen-bond acceptors (Lipinski definition) is 7. The number of anilines is 1. The van der Waals surface area contributed by atoms with E-state index in [1.54, 1.807) is 13.1 Å². The number of esters is 1. The highest BCUT2D eigenvalue weighted by Gasteiger charge is 2.23. The van der Waals surface area contributed by atoms with Crippen molar-refractivity contribution in [3.8, 4) is 0 Å². The van der Waals surface area contributed by atoms with Gasteiger partial charge in [0.25, 0.3) is 11.5 Å². The smallest absolute Gasteiger partial charge is 0.330 e. The number of nitrogens with one attached hydrogen (secondary N) is 3. The quantitative estimate of drug-likeness (QED) is 0.247. The molecule has 0 saturated carbocycles. The summed E-state index contributed by atoms with van der Waals surface area (Å²) in [5.41, 5.74) is -0.342. The molecule has 0 spiro atoms. The summed E-state index contributed by atoms with van der Waals surface area (Å²) < 4.78 is 7.26. The maximum atomic E-state index is 13.1. The monoisotopic (exact) mass is 528 g/mol. The maximum absolute atomic E-state index is 13.1. The molecule has 0 bridgehead atoms. The fourth-order valence-electron chi connectivity index (χ4n) is 3.61. The number of allylic oxidation sites excluding steroid dienone is 1. The van der Waals surface area contributed by atoms with Crippen LogP contribution < -0.4 is 21.5 Å². The molecule has 0 saturated heterocycles. The van der Waals surface area contributed by atoms with Crippen molar-refractivity contribution in [2.24, 2.45) is 13.0 Å². The van der Waals surface area contributed by atoms with Crippen LogP contribution in [0.15, 0.2) is 47.8 Å². The highest BCUT2D eigenvalue weighted by Crippen LogP contribution is 2.08. The summed E-state index contributed by atoms with van der Waals surface area (Å²) in [6, 6.07) is 1.94. The second-order valence-corrected chi connectivity index (χ2v) is 8.75. The minimum Gasteiger partial charge on any atom is -0.466 e. The third-order valence-corrected chi connectivity index (χ3v) is 6.08. The number of methoxy groups -OCH3 is 1. The summed E-state index contributed by atoms with van der Waals surface area (Å²) in [6.07, 6.45) is 9.33. The predicted octanol–water partition coefficient (Wildman–Crippen LogP) is 1.38. The fraction of sp³-hybridized carbons (Fsp3) is 0.462. The van der Waals surface area contributed by atoms with E-state index < -0.39 is 29.4 Å². The number of aromatic nitrogens is 3.